The summed E-state index contributed by atoms with van der Waals surface area (Å²) in [6.45, 7) is 5.18. The fraction of sp³-hybridized carbons (Fsp3) is 0.667. The van der Waals surface area contributed by atoms with E-state index in [0.29, 0.717) is 25.5 Å². The first-order chi connectivity index (χ1) is 9.62. The Morgan fingerprint density at radius 1 is 1.45 bits per heavy atom. The Morgan fingerprint density at radius 3 is 2.75 bits per heavy atom. The zero-order valence-electron chi connectivity index (χ0n) is 11.8. The average Bonchev–Trinajstić information content (AvgIpc) is 2.43. The molecule has 1 rings (SSSR count). The van der Waals surface area contributed by atoms with Crippen LogP contribution in [0.1, 0.15) is 26.7 Å². The van der Waals surface area contributed by atoms with E-state index in [1.165, 1.54) is 6.20 Å². The number of nitro groups is 1. The fourth-order valence-corrected chi connectivity index (χ4v) is 1.76. The molecule has 20 heavy (non-hydrogen) atoms. The summed E-state index contributed by atoms with van der Waals surface area (Å²) < 4.78 is 0. The molecule has 8 nitrogen and oxygen atoms in total. The third kappa shape index (κ3) is 4.61. The van der Waals surface area contributed by atoms with Crippen LogP contribution in [0, 0.1) is 16.0 Å². The van der Waals surface area contributed by atoms with Crippen molar-refractivity contribution in [1.29, 1.82) is 0 Å². The highest BCUT2D eigenvalue weighted by atomic mass is 16.6. The first-order valence-electron chi connectivity index (χ1n) is 6.72. The zero-order chi connectivity index (χ0) is 15.0. The minimum Gasteiger partial charge on any atom is -0.396 e. The molecular weight excluding hydrogens is 262 g/mol. The maximum absolute atomic E-state index is 11.0. The predicted molar refractivity (Wildman–Crippen MR) is 76.8 cm³/mol. The summed E-state index contributed by atoms with van der Waals surface area (Å²) in [5, 5.41) is 25.8. The number of anilines is 2. The predicted octanol–water partition coefficient (Wildman–Crippen LogP) is 1.64. The second-order valence-electron chi connectivity index (χ2n) is 4.38. The van der Waals surface area contributed by atoms with Crippen molar-refractivity contribution in [2.45, 2.75) is 26.7 Å². The molecule has 112 valence electrons. The Morgan fingerprint density at radius 2 is 2.20 bits per heavy atom. The van der Waals surface area contributed by atoms with Crippen molar-refractivity contribution in [3.63, 3.8) is 0 Å². The van der Waals surface area contributed by atoms with Gasteiger partial charge >= 0.3 is 5.69 Å². The summed E-state index contributed by atoms with van der Waals surface area (Å²) in [5.74, 6) is 0.810. The monoisotopic (exact) mass is 283 g/mol. The molecule has 0 aromatic carbocycles. The van der Waals surface area contributed by atoms with Gasteiger partial charge in [0.15, 0.2) is 0 Å². The van der Waals surface area contributed by atoms with Crippen LogP contribution in [0.2, 0.25) is 0 Å². The van der Waals surface area contributed by atoms with Crippen molar-refractivity contribution in [2.24, 2.45) is 5.92 Å². The second kappa shape index (κ2) is 8.26. The van der Waals surface area contributed by atoms with E-state index in [-0.39, 0.29) is 24.0 Å². The Labute approximate surface area is 117 Å². The Hall–Kier alpha value is -1.96. The number of rotatable bonds is 9. The summed E-state index contributed by atoms with van der Waals surface area (Å²) in [4.78, 5) is 18.4. The molecule has 0 fully saturated rings. The number of hydrogen-bond acceptors (Lipinski definition) is 7. The van der Waals surface area contributed by atoms with Crippen molar-refractivity contribution < 1.29 is 10.0 Å². The van der Waals surface area contributed by atoms with E-state index in [0.717, 1.165) is 6.42 Å². The highest BCUT2D eigenvalue weighted by molar-refractivity contribution is 5.56. The minimum absolute atomic E-state index is 0.106. The lowest BCUT2D eigenvalue weighted by molar-refractivity contribution is -0.384. The molecule has 1 aromatic heterocycles. The molecule has 0 bridgehead atoms. The van der Waals surface area contributed by atoms with Gasteiger partial charge in [0.25, 0.3) is 0 Å². The Bertz CT molecular complexity index is 441. The quantitative estimate of drug-likeness (QED) is 0.466. The standard InChI is InChI=1S/C12H21N5O3/c1-3-9(5-6-18)7-14-11-10(17(19)20)8-15-12(16-11)13-4-2/h8-9,18H,3-7H2,1-2H3,(H2,13,14,15,16). The van der Waals surface area contributed by atoms with Crippen LogP contribution in [-0.4, -0.2) is 39.7 Å². The lowest BCUT2D eigenvalue weighted by Gasteiger charge is -2.15. The summed E-state index contributed by atoms with van der Waals surface area (Å²) in [6.07, 6.45) is 2.73. The summed E-state index contributed by atoms with van der Waals surface area (Å²) in [5.41, 5.74) is -0.148. The molecule has 1 heterocycles. The van der Waals surface area contributed by atoms with Gasteiger partial charge in [-0.15, -0.1) is 0 Å². The second-order valence-corrected chi connectivity index (χ2v) is 4.38. The van der Waals surface area contributed by atoms with E-state index in [1.54, 1.807) is 0 Å². The number of aliphatic hydroxyl groups excluding tert-OH is 1. The lowest BCUT2D eigenvalue weighted by atomic mass is 10.0. The van der Waals surface area contributed by atoms with Crippen LogP contribution in [0.3, 0.4) is 0 Å². The molecule has 1 aromatic rings. The fourth-order valence-electron chi connectivity index (χ4n) is 1.76. The SMILES string of the molecule is CCNc1ncc([N+](=O)[O-])c(NCC(CC)CCO)n1. The van der Waals surface area contributed by atoms with Gasteiger partial charge in [-0.05, 0) is 19.3 Å². The van der Waals surface area contributed by atoms with Gasteiger partial charge in [-0.2, -0.15) is 4.98 Å². The van der Waals surface area contributed by atoms with Crippen molar-refractivity contribution in [3.8, 4) is 0 Å². The van der Waals surface area contributed by atoms with Crippen LogP contribution in [-0.2, 0) is 0 Å². The van der Waals surface area contributed by atoms with Crippen LogP contribution in [0.5, 0.6) is 0 Å². The molecule has 1 unspecified atom stereocenters. The Balaban J connectivity index is 2.83. The highest BCUT2D eigenvalue weighted by Crippen LogP contribution is 2.22. The van der Waals surface area contributed by atoms with E-state index in [1.807, 2.05) is 13.8 Å². The normalized spacial score (nSPS) is 11.9. The third-order valence-electron chi connectivity index (χ3n) is 2.97. The third-order valence-corrected chi connectivity index (χ3v) is 2.97. The van der Waals surface area contributed by atoms with Crippen molar-refractivity contribution in [1.82, 2.24) is 9.97 Å². The van der Waals surface area contributed by atoms with Crippen molar-refractivity contribution in [2.75, 3.05) is 30.3 Å². The highest BCUT2D eigenvalue weighted by Gasteiger charge is 2.18. The van der Waals surface area contributed by atoms with Crippen molar-refractivity contribution >= 4 is 17.5 Å². The molecule has 0 aliphatic carbocycles. The van der Waals surface area contributed by atoms with Crippen molar-refractivity contribution in [3.05, 3.63) is 16.3 Å². The summed E-state index contributed by atoms with van der Waals surface area (Å²) >= 11 is 0. The van der Waals surface area contributed by atoms with Crippen LogP contribution in [0.25, 0.3) is 0 Å². The molecule has 0 aliphatic rings. The van der Waals surface area contributed by atoms with Gasteiger partial charge in [-0.1, -0.05) is 13.3 Å². The molecular formula is C12H21N5O3. The molecule has 0 amide bonds. The van der Waals surface area contributed by atoms with Crippen LogP contribution in [0.15, 0.2) is 6.20 Å². The molecule has 0 aliphatic heterocycles. The van der Waals surface area contributed by atoms with Crippen LogP contribution in [0.4, 0.5) is 17.5 Å². The van der Waals surface area contributed by atoms with Gasteiger partial charge in [-0.3, -0.25) is 10.1 Å². The van der Waals surface area contributed by atoms with Crippen LogP contribution >= 0.6 is 0 Å². The molecule has 0 spiro atoms. The maximum Gasteiger partial charge on any atom is 0.329 e. The van der Waals surface area contributed by atoms with E-state index >= 15 is 0 Å². The minimum atomic E-state index is -0.509. The average molecular weight is 283 g/mol. The van der Waals surface area contributed by atoms with E-state index < -0.39 is 4.92 Å². The Kier molecular flexibility index (Phi) is 6.65. The van der Waals surface area contributed by atoms with Gasteiger partial charge in [-0.25, -0.2) is 4.98 Å². The number of hydrogen-bond donors (Lipinski definition) is 3. The molecule has 3 N–H and O–H groups in total. The first-order valence-corrected chi connectivity index (χ1v) is 6.72. The van der Waals surface area contributed by atoms with Gasteiger partial charge in [0.2, 0.25) is 11.8 Å². The van der Waals surface area contributed by atoms with E-state index in [9.17, 15) is 10.1 Å². The molecule has 8 heteroatoms. The molecule has 0 saturated carbocycles. The van der Waals surface area contributed by atoms with Crippen LogP contribution < -0.4 is 10.6 Å². The first kappa shape index (κ1) is 16.1. The number of nitrogens with zero attached hydrogens (tertiary/aromatic N) is 3. The van der Waals surface area contributed by atoms with Gasteiger partial charge in [0.1, 0.15) is 6.20 Å². The molecule has 0 saturated heterocycles. The van der Waals surface area contributed by atoms with Gasteiger partial charge in [0.05, 0.1) is 4.92 Å². The van der Waals surface area contributed by atoms with Gasteiger partial charge < -0.3 is 15.7 Å². The maximum atomic E-state index is 11.0. The van der Waals surface area contributed by atoms with E-state index in [2.05, 4.69) is 20.6 Å². The van der Waals surface area contributed by atoms with Gasteiger partial charge in [0, 0.05) is 19.7 Å². The molecule has 1 atom stereocenters. The summed E-state index contributed by atoms with van der Waals surface area (Å²) in [6, 6.07) is 0. The summed E-state index contributed by atoms with van der Waals surface area (Å²) in [7, 11) is 0. The number of nitrogens with one attached hydrogen (secondary N) is 2. The number of aromatic nitrogens is 2. The smallest absolute Gasteiger partial charge is 0.329 e. The topological polar surface area (TPSA) is 113 Å². The zero-order valence-corrected chi connectivity index (χ0v) is 11.8. The van der Waals surface area contributed by atoms with E-state index in [4.69, 9.17) is 5.11 Å². The number of aliphatic hydroxyl groups is 1. The molecule has 0 radical (unpaired) electrons. The largest absolute Gasteiger partial charge is 0.396 e. The lowest BCUT2D eigenvalue weighted by Crippen LogP contribution is -2.17.